The van der Waals surface area contributed by atoms with Crippen LogP contribution in [-0.4, -0.2) is 11.9 Å². The van der Waals surface area contributed by atoms with Crippen LogP contribution in [0.3, 0.4) is 0 Å². The first-order chi connectivity index (χ1) is 8.68. The van der Waals surface area contributed by atoms with E-state index in [9.17, 15) is 4.79 Å². The van der Waals surface area contributed by atoms with E-state index >= 15 is 0 Å². The molecule has 18 heavy (non-hydrogen) atoms. The molecule has 0 bridgehead atoms. The minimum atomic E-state index is -0.364. The molecule has 1 heterocycles. The van der Waals surface area contributed by atoms with Crippen molar-refractivity contribution in [2.75, 3.05) is 0 Å². The van der Waals surface area contributed by atoms with E-state index in [1.165, 1.54) is 4.88 Å². The van der Waals surface area contributed by atoms with Gasteiger partial charge in [0, 0.05) is 4.88 Å². The molecule has 0 unspecified atom stereocenters. The van der Waals surface area contributed by atoms with Crippen molar-refractivity contribution in [1.82, 2.24) is 5.32 Å². The van der Waals surface area contributed by atoms with Crippen LogP contribution >= 0.6 is 11.3 Å². The highest BCUT2D eigenvalue weighted by Crippen LogP contribution is 2.26. The van der Waals surface area contributed by atoms with Gasteiger partial charge in [0.15, 0.2) is 0 Å². The maximum Gasteiger partial charge on any atom is 0.234 e. The molecule has 0 fully saturated rings. The maximum absolute atomic E-state index is 11.2. The van der Waals surface area contributed by atoms with Crippen LogP contribution in [0.2, 0.25) is 0 Å². The molecule has 94 valence electrons. The fourth-order valence-corrected chi connectivity index (χ4v) is 2.59. The fourth-order valence-electron chi connectivity index (χ4n) is 1.78. The van der Waals surface area contributed by atoms with E-state index in [0.717, 1.165) is 5.56 Å². The lowest BCUT2D eigenvalue weighted by atomic mass is 10.0. The molecule has 1 aromatic heterocycles. The number of hydrogen-bond donors (Lipinski definition) is 2. The summed E-state index contributed by atoms with van der Waals surface area (Å²) in [5.41, 5.74) is 6.45. The number of rotatable bonds is 5. The van der Waals surface area contributed by atoms with Gasteiger partial charge in [-0.2, -0.15) is 0 Å². The van der Waals surface area contributed by atoms with Crippen molar-refractivity contribution >= 4 is 17.2 Å². The summed E-state index contributed by atoms with van der Waals surface area (Å²) in [5, 5.41) is 5.30. The molecule has 2 rings (SSSR count). The second kappa shape index (κ2) is 5.80. The summed E-state index contributed by atoms with van der Waals surface area (Å²) in [5.74, 6) is -0.340. The normalized spacial score (nSPS) is 14.1. The quantitative estimate of drug-likeness (QED) is 0.866. The Balaban J connectivity index is 2.27. The summed E-state index contributed by atoms with van der Waals surface area (Å²) >= 11 is 1.66. The second-order valence-corrected chi connectivity index (χ2v) is 5.13. The van der Waals surface area contributed by atoms with E-state index in [1.807, 2.05) is 41.8 Å². The highest BCUT2D eigenvalue weighted by molar-refractivity contribution is 7.10. The van der Waals surface area contributed by atoms with Gasteiger partial charge in [-0.25, -0.2) is 0 Å². The average molecular weight is 260 g/mol. The smallest absolute Gasteiger partial charge is 0.234 e. The van der Waals surface area contributed by atoms with E-state index in [1.54, 1.807) is 18.3 Å². The molecule has 3 nitrogen and oxygen atoms in total. The van der Waals surface area contributed by atoms with Gasteiger partial charge in [-0.3, -0.25) is 10.1 Å². The monoisotopic (exact) mass is 260 g/mol. The van der Waals surface area contributed by atoms with Crippen molar-refractivity contribution in [2.24, 2.45) is 5.73 Å². The van der Waals surface area contributed by atoms with Crippen LogP contribution in [0.25, 0.3) is 0 Å². The minimum Gasteiger partial charge on any atom is -0.368 e. The molecule has 0 aliphatic carbocycles. The molecule has 0 aliphatic heterocycles. The molecule has 2 aromatic rings. The van der Waals surface area contributed by atoms with Gasteiger partial charge in [-0.05, 0) is 23.9 Å². The zero-order valence-electron chi connectivity index (χ0n) is 10.2. The van der Waals surface area contributed by atoms with Crippen molar-refractivity contribution in [3.05, 3.63) is 58.3 Å². The number of amides is 1. The van der Waals surface area contributed by atoms with Gasteiger partial charge in [0.2, 0.25) is 5.91 Å². The molecule has 0 saturated carbocycles. The number of primary amides is 1. The second-order valence-electron chi connectivity index (χ2n) is 4.15. The Hall–Kier alpha value is -1.65. The highest BCUT2D eigenvalue weighted by Gasteiger charge is 2.19. The first-order valence-corrected chi connectivity index (χ1v) is 6.70. The van der Waals surface area contributed by atoms with E-state index in [4.69, 9.17) is 5.73 Å². The van der Waals surface area contributed by atoms with Crippen molar-refractivity contribution in [3.63, 3.8) is 0 Å². The summed E-state index contributed by atoms with van der Waals surface area (Å²) in [4.78, 5) is 12.4. The van der Waals surface area contributed by atoms with E-state index in [-0.39, 0.29) is 18.0 Å². The molecule has 1 aromatic carbocycles. The molecule has 0 radical (unpaired) electrons. The fraction of sp³-hybridized carbons (Fsp3) is 0.214. The van der Waals surface area contributed by atoms with Crippen LogP contribution in [0.1, 0.15) is 23.4 Å². The van der Waals surface area contributed by atoms with Crippen LogP contribution in [0.15, 0.2) is 47.8 Å². The number of nitrogens with two attached hydrogens (primary N) is 1. The van der Waals surface area contributed by atoms with Gasteiger partial charge >= 0.3 is 0 Å². The third kappa shape index (κ3) is 2.97. The molecule has 1 amide bonds. The van der Waals surface area contributed by atoms with Crippen LogP contribution in [0.5, 0.6) is 0 Å². The lowest BCUT2D eigenvalue weighted by molar-refractivity contribution is -0.119. The summed E-state index contributed by atoms with van der Waals surface area (Å²) in [6.07, 6.45) is 0. The first kappa shape index (κ1) is 12.8. The minimum absolute atomic E-state index is 0.00806. The molecule has 0 saturated heterocycles. The number of benzene rings is 1. The number of nitrogens with one attached hydrogen (secondary N) is 1. The zero-order chi connectivity index (χ0) is 13.0. The largest absolute Gasteiger partial charge is 0.368 e. The van der Waals surface area contributed by atoms with Gasteiger partial charge in [0.25, 0.3) is 0 Å². The Kier molecular flexibility index (Phi) is 4.12. The van der Waals surface area contributed by atoms with E-state index < -0.39 is 0 Å². The third-order valence-corrected chi connectivity index (χ3v) is 3.74. The zero-order valence-corrected chi connectivity index (χ0v) is 11.0. The van der Waals surface area contributed by atoms with E-state index in [2.05, 4.69) is 11.4 Å². The number of hydrogen-bond acceptors (Lipinski definition) is 3. The van der Waals surface area contributed by atoms with Gasteiger partial charge in [0.1, 0.15) is 0 Å². The lowest BCUT2D eigenvalue weighted by Crippen LogP contribution is -2.40. The predicted molar refractivity (Wildman–Crippen MR) is 74.4 cm³/mol. The molecular weight excluding hydrogens is 244 g/mol. The summed E-state index contributed by atoms with van der Waals surface area (Å²) in [6, 6.07) is 13.8. The third-order valence-electron chi connectivity index (χ3n) is 2.80. The van der Waals surface area contributed by atoms with Gasteiger partial charge in [0.05, 0.1) is 12.1 Å². The number of carbonyl (C=O) groups excluding carboxylic acids is 1. The number of thiophene rings is 1. The van der Waals surface area contributed by atoms with Crippen molar-refractivity contribution in [1.29, 1.82) is 0 Å². The summed E-state index contributed by atoms with van der Waals surface area (Å²) in [7, 11) is 0. The van der Waals surface area contributed by atoms with Crippen molar-refractivity contribution in [2.45, 2.75) is 19.0 Å². The molecule has 3 N–H and O–H groups in total. The summed E-state index contributed by atoms with van der Waals surface area (Å²) in [6.45, 7) is 1.78. The van der Waals surface area contributed by atoms with Crippen LogP contribution < -0.4 is 11.1 Å². The molecule has 2 atom stereocenters. The Morgan fingerprint density at radius 2 is 1.94 bits per heavy atom. The predicted octanol–water partition coefficient (Wildman–Crippen LogP) is 2.30. The van der Waals surface area contributed by atoms with Crippen LogP contribution in [0, 0.1) is 0 Å². The SMILES string of the molecule is C[C@@H](N[C@H](c1ccccc1)c1cccs1)C(N)=O. The van der Waals surface area contributed by atoms with Crippen LogP contribution in [0.4, 0.5) is 0 Å². The molecule has 0 spiro atoms. The van der Waals surface area contributed by atoms with E-state index in [0.29, 0.717) is 0 Å². The Morgan fingerprint density at radius 3 is 2.50 bits per heavy atom. The number of carbonyl (C=O) groups is 1. The Bertz CT molecular complexity index is 496. The van der Waals surface area contributed by atoms with Gasteiger partial charge in [-0.1, -0.05) is 36.4 Å². The Morgan fingerprint density at radius 1 is 1.22 bits per heavy atom. The standard InChI is InChI=1S/C14H16N2OS/c1-10(14(15)17)16-13(12-8-5-9-18-12)11-6-3-2-4-7-11/h2-10,13,16H,1H3,(H2,15,17)/t10-,13-/m1/s1. The molecule has 0 aliphatic rings. The lowest BCUT2D eigenvalue weighted by Gasteiger charge is -2.21. The maximum atomic E-state index is 11.2. The first-order valence-electron chi connectivity index (χ1n) is 5.82. The van der Waals surface area contributed by atoms with Gasteiger partial charge in [-0.15, -0.1) is 11.3 Å². The summed E-state index contributed by atoms with van der Waals surface area (Å²) < 4.78 is 0. The average Bonchev–Trinajstić information content (AvgIpc) is 2.90. The van der Waals surface area contributed by atoms with Crippen LogP contribution in [-0.2, 0) is 4.79 Å². The molecular formula is C14H16N2OS. The Labute approximate surface area is 111 Å². The highest BCUT2D eigenvalue weighted by atomic mass is 32.1. The topological polar surface area (TPSA) is 55.1 Å². The van der Waals surface area contributed by atoms with Crippen molar-refractivity contribution in [3.8, 4) is 0 Å². The van der Waals surface area contributed by atoms with Gasteiger partial charge < -0.3 is 5.73 Å². The van der Waals surface area contributed by atoms with Crippen molar-refractivity contribution < 1.29 is 4.79 Å². The molecule has 4 heteroatoms.